The number of hydrogen-bond donors (Lipinski definition) is 1. The molecule has 1 aromatic carbocycles. The fraction of sp³-hybridized carbons (Fsp3) is 0.650. The molecule has 152 valence electrons. The van der Waals surface area contributed by atoms with E-state index in [4.69, 9.17) is 0 Å². The summed E-state index contributed by atoms with van der Waals surface area (Å²) in [5.41, 5.74) is 0.236. The Morgan fingerprint density at radius 2 is 1.85 bits per heavy atom. The molecular weight excluding hydrogens is 362 g/mol. The molecule has 1 amide bonds. The van der Waals surface area contributed by atoms with Crippen LogP contribution in [0.1, 0.15) is 57.3 Å². The van der Waals surface area contributed by atoms with Crippen molar-refractivity contribution < 1.29 is 13.2 Å². The number of benzene rings is 1. The van der Waals surface area contributed by atoms with E-state index in [1.807, 2.05) is 13.8 Å². The van der Waals surface area contributed by atoms with Crippen molar-refractivity contribution in [3.8, 4) is 0 Å². The van der Waals surface area contributed by atoms with Crippen LogP contribution in [0.5, 0.6) is 0 Å². The number of likely N-dealkylation sites (tertiary alicyclic amines) is 1. The van der Waals surface area contributed by atoms with Crippen molar-refractivity contribution in [1.29, 1.82) is 0 Å². The summed E-state index contributed by atoms with van der Waals surface area (Å²) in [7, 11) is -2.06. The topological polar surface area (TPSA) is 69.7 Å². The summed E-state index contributed by atoms with van der Waals surface area (Å²) in [6.45, 7) is 10.5. The first-order valence-corrected chi connectivity index (χ1v) is 11.1. The van der Waals surface area contributed by atoms with E-state index >= 15 is 0 Å². The lowest BCUT2D eigenvalue weighted by molar-refractivity contribution is 0.0797. The molecule has 2 rings (SSSR count). The number of piperidine rings is 1. The molecule has 1 fully saturated rings. The van der Waals surface area contributed by atoms with Crippen molar-refractivity contribution in [2.45, 2.75) is 63.4 Å². The van der Waals surface area contributed by atoms with Crippen LogP contribution >= 0.6 is 0 Å². The van der Waals surface area contributed by atoms with Crippen molar-refractivity contribution in [2.75, 3.05) is 26.7 Å². The van der Waals surface area contributed by atoms with E-state index in [-0.39, 0.29) is 22.4 Å². The molecule has 27 heavy (non-hydrogen) atoms. The molecule has 1 aliphatic rings. The lowest BCUT2D eigenvalue weighted by atomic mass is 9.98. The van der Waals surface area contributed by atoms with Crippen LogP contribution in [-0.4, -0.2) is 61.8 Å². The van der Waals surface area contributed by atoms with Gasteiger partial charge in [-0.15, -0.1) is 0 Å². The predicted octanol–water partition coefficient (Wildman–Crippen LogP) is 2.71. The highest BCUT2D eigenvalue weighted by Crippen LogP contribution is 2.21. The Bertz CT molecular complexity index is 753. The summed E-state index contributed by atoms with van der Waals surface area (Å²) < 4.78 is 26.6. The Labute approximate surface area is 164 Å². The Hall–Kier alpha value is -1.44. The van der Waals surface area contributed by atoms with Gasteiger partial charge in [0.05, 0.1) is 4.90 Å². The van der Waals surface area contributed by atoms with Gasteiger partial charge in [0.15, 0.2) is 0 Å². The van der Waals surface area contributed by atoms with Gasteiger partial charge in [-0.3, -0.25) is 9.69 Å². The number of hydrogen-bond acceptors (Lipinski definition) is 4. The van der Waals surface area contributed by atoms with E-state index in [2.05, 4.69) is 24.1 Å². The fourth-order valence-electron chi connectivity index (χ4n) is 3.25. The molecule has 1 saturated heterocycles. The van der Waals surface area contributed by atoms with E-state index in [0.29, 0.717) is 12.1 Å². The van der Waals surface area contributed by atoms with Crippen molar-refractivity contribution in [1.82, 2.24) is 14.5 Å². The summed E-state index contributed by atoms with van der Waals surface area (Å²) in [6.07, 6.45) is 3.66. The minimum Gasteiger partial charge on any atom is -0.350 e. The van der Waals surface area contributed by atoms with Gasteiger partial charge in [0.25, 0.3) is 5.91 Å². The largest absolute Gasteiger partial charge is 0.350 e. The van der Waals surface area contributed by atoms with Crippen LogP contribution in [-0.2, 0) is 10.0 Å². The smallest absolute Gasteiger partial charge is 0.251 e. The van der Waals surface area contributed by atoms with Crippen LogP contribution < -0.4 is 5.32 Å². The third-order valence-corrected chi connectivity index (χ3v) is 7.42. The third-order valence-electron chi connectivity index (χ3n) is 5.39. The minimum atomic E-state index is -3.61. The zero-order valence-corrected chi connectivity index (χ0v) is 18.0. The minimum absolute atomic E-state index is 0.127. The maximum Gasteiger partial charge on any atom is 0.251 e. The van der Waals surface area contributed by atoms with Gasteiger partial charge in [-0.1, -0.05) is 12.5 Å². The van der Waals surface area contributed by atoms with E-state index < -0.39 is 10.0 Å². The Morgan fingerprint density at radius 1 is 1.22 bits per heavy atom. The molecule has 6 nitrogen and oxygen atoms in total. The molecule has 7 heteroatoms. The molecule has 0 spiro atoms. The van der Waals surface area contributed by atoms with Gasteiger partial charge < -0.3 is 5.32 Å². The lowest BCUT2D eigenvalue weighted by Crippen LogP contribution is -2.53. The summed E-state index contributed by atoms with van der Waals surface area (Å²) in [4.78, 5) is 15.2. The van der Waals surface area contributed by atoms with E-state index in [1.54, 1.807) is 19.2 Å². The second kappa shape index (κ2) is 8.71. The van der Waals surface area contributed by atoms with Crippen molar-refractivity contribution in [3.05, 3.63) is 29.8 Å². The SMILES string of the molecule is CC(C)N(C)S(=O)(=O)c1cccc(C(=O)NCC(C)(C)N2CCCCC2)c1. The number of amides is 1. The molecule has 0 atom stereocenters. The van der Waals surface area contributed by atoms with Gasteiger partial charge in [-0.25, -0.2) is 8.42 Å². The monoisotopic (exact) mass is 395 g/mol. The van der Waals surface area contributed by atoms with Crippen LogP contribution in [0.4, 0.5) is 0 Å². The average molecular weight is 396 g/mol. The second-order valence-corrected chi connectivity index (χ2v) is 10.2. The van der Waals surface area contributed by atoms with Crippen LogP contribution in [0.25, 0.3) is 0 Å². The molecule has 0 unspecified atom stereocenters. The van der Waals surface area contributed by atoms with Gasteiger partial charge in [0, 0.05) is 30.7 Å². The molecular formula is C20H33N3O3S. The average Bonchev–Trinajstić information content (AvgIpc) is 2.66. The Kier molecular flexibility index (Phi) is 7.05. The standard InChI is InChI=1S/C20H33N3O3S/c1-16(2)22(5)27(25,26)18-11-9-10-17(14-18)19(24)21-15-20(3,4)23-12-7-6-8-13-23/h9-11,14,16H,6-8,12-13,15H2,1-5H3,(H,21,24). The molecule has 1 aliphatic heterocycles. The number of rotatable bonds is 7. The molecule has 1 aromatic rings. The van der Waals surface area contributed by atoms with Crippen LogP contribution in [0.15, 0.2) is 29.2 Å². The maximum atomic E-state index is 12.7. The molecule has 0 radical (unpaired) electrons. The van der Waals surface area contributed by atoms with Crippen molar-refractivity contribution in [2.24, 2.45) is 0 Å². The summed E-state index contributed by atoms with van der Waals surface area (Å²) in [5, 5.41) is 2.98. The highest BCUT2D eigenvalue weighted by atomic mass is 32.2. The zero-order valence-electron chi connectivity index (χ0n) is 17.2. The first kappa shape index (κ1) is 21.9. The Morgan fingerprint density at radius 3 is 2.44 bits per heavy atom. The first-order chi connectivity index (χ1) is 12.6. The number of sulfonamides is 1. The highest BCUT2D eigenvalue weighted by Gasteiger charge is 2.29. The van der Waals surface area contributed by atoms with Crippen LogP contribution in [0, 0.1) is 0 Å². The Balaban J connectivity index is 2.09. The van der Waals surface area contributed by atoms with Crippen LogP contribution in [0.3, 0.4) is 0 Å². The highest BCUT2D eigenvalue weighted by molar-refractivity contribution is 7.89. The van der Waals surface area contributed by atoms with Crippen molar-refractivity contribution >= 4 is 15.9 Å². The van der Waals surface area contributed by atoms with E-state index in [0.717, 1.165) is 13.1 Å². The molecule has 0 bridgehead atoms. The van der Waals surface area contributed by atoms with E-state index in [9.17, 15) is 13.2 Å². The zero-order chi connectivity index (χ0) is 20.2. The number of carbonyl (C=O) groups is 1. The summed E-state index contributed by atoms with van der Waals surface area (Å²) >= 11 is 0. The van der Waals surface area contributed by atoms with Gasteiger partial charge in [-0.2, -0.15) is 4.31 Å². The molecule has 0 aliphatic carbocycles. The van der Waals surface area contributed by atoms with Gasteiger partial charge in [0.2, 0.25) is 10.0 Å². The van der Waals surface area contributed by atoms with E-state index in [1.165, 1.54) is 35.7 Å². The first-order valence-electron chi connectivity index (χ1n) is 9.67. The molecule has 1 N–H and O–H groups in total. The lowest BCUT2D eigenvalue weighted by Gasteiger charge is -2.41. The second-order valence-electron chi connectivity index (χ2n) is 8.19. The van der Waals surface area contributed by atoms with Crippen LogP contribution in [0.2, 0.25) is 0 Å². The summed E-state index contributed by atoms with van der Waals surface area (Å²) in [5.74, 6) is -0.246. The fourth-order valence-corrected chi connectivity index (χ4v) is 4.67. The van der Waals surface area contributed by atoms with Crippen molar-refractivity contribution in [3.63, 3.8) is 0 Å². The predicted molar refractivity (Wildman–Crippen MR) is 108 cm³/mol. The number of nitrogens with zero attached hydrogens (tertiary/aromatic N) is 2. The quantitative estimate of drug-likeness (QED) is 0.771. The normalized spacial score (nSPS) is 16.7. The van der Waals surface area contributed by atoms with Gasteiger partial charge >= 0.3 is 0 Å². The number of nitrogens with one attached hydrogen (secondary N) is 1. The number of carbonyl (C=O) groups excluding carboxylic acids is 1. The summed E-state index contributed by atoms with van der Waals surface area (Å²) in [6, 6.07) is 6.10. The molecule has 0 aromatic heterocycles. The third kappa shape index (κ3) is 5.30. The van der Waals surface area contributed by atoms with Gasteiger partial charge in [-0.05, 0) is 71.8 Å². The molecule has 1 heterocycles. The maximum absolute atomic E-state index is 12.7. The van der Waals surface area contributed by atoms with Gasteiger partial charge in [0.1, 0.15) is 0 Å². The molecule has 0 saturated carbocycles.